The third-order valence-electron chi connectivity index (χ3n) is 3.17. The van der Waals surface area contributed by atoms with Gasteiger partial charge in [0.15, 0.2) is 0 Å². The zero-order chi connectivity index (χ0) is 11.4. The molecule has 0 unspecified atom stereocenters. The van der Waals surface area contributed by atoms with Crippen LogP contribution in [0.2, 0.25) is 0 Å². The lowest BCUT2D eigenvalue weighted by Crippen LogP contribution is -2.36. The number of methoxy groups -OCH3 is 1. The molecule has 1 aromatic heterocycles. The fourth-order valence-corrected chi connectivity index (χ4v) is 2.95. The molecule has 3 nitrogen and oxygen atoms in total. The topological polar surface area (TPSA) is 38.3 Å². The second-order valence-electron chi connectivity index (χ2n) is 4.18. The van der Waals surface area contributed by atoms with Gasteiger partial charge >= 0.3 is 5.97 Å². The van der Waals surface area contributed by atoms with E-state index in [0.29, 0.717) is 0 Å². The summed E-state index contributed by atoms with van der Waals surface area (Å²) >= 11 is 1.70. The second kappa shape index (κ2) is 5.46. The molecule has 88 valence electrons. The Labute approximate surface area is 99.8 Å². The van der Waals surface area contributed by atoms with E-state index in [9.17, 15) is 4.79 Å². The molecule has 0 amide bonds. The minimum Gasteiger partial charge on any atom is -0.469 e. The molecule has 1 heterocycles. The van der Waals surface area contributed by atoms with Crippen LogP contribution < -0.4 is 5.32 Å². The Balaban J connectivity index is 1.86. The van der Waals surface area contributed by atoms with Crippen molar-refractivity contribution in [3.63, 3.8) is 0 Å². The molecule has 0 bridgehead atoms. The standard InChI is InChI=1S/C12H17NO2S/c1-15-12(14)10-3-2-4-11(10)13-7-9-5-6-16-8-9/h5-6,8,10-11,13H,2-4,7H2,1H3/t10-,11+/m1/s1. The summed E-state index contributed by atoms with van der Waals surface area (Å²) in [4.78, 5) is 11.5. The van der Waals surface area contributed by atoms with Crippen LogP contribution in [0, 0.1) is 5.92 Å². The molecule has 0 radical (unpaired) electrons. The highest BCUT2D eigenvalue weighted by molar-refractivity contribution is 7.07. The van der Waals surface area contributed by atoms with Gasteiger partial charge in [0.05, 0.1) is 13.0 Å². The SMILES string of the molecule is COC(=O)[C@@H]1CCC[C@@H]1NCc1ccsc1. The first-order valence-electron chi connectivity index (χ1n) is 5.63. The highest BCUT2D eigenvalue weighted by Crippen LogP contribution is 2.27. The summed E-state index contributed by atoms with van der Waals surface area (Å²) < 4.78 is 4.82. The van der Waals surface area contributed by atoms with Crippen molar-refractivity contribution in [1.82, 2.24) is 5.32 Å². The predicted molar refractivity (Wildman–Crippen MR) is 64.3 cm³/mol. The lowest BCUT2D eigenvalue weighted by molar-refractivity contribution is -0.145. The highest BCUT2D eigenvalue weighted by Gasteiger charge is 2.33. The van der Waals surface area contributed by atoms with Gasteiger partial charge in [-0.2, -0.15) is 11.3 Å². The smallest absolute Gasteiger partial charge is 0.310 e. The van der Waals surface area contributed by atoms with Crippen molar-refractivity contribution in [2.24, 2.45) is 5.92 Å². The van der Waals surface area contributed by atoms with Gasteiger partial charge in [0.25, 0.3) is 0 Å². The maximum Gasteiger partial charge on any atom is 0.310 e. The van der Waals surface area contributed by atoms with Crippen LogP contribution >= 0.6 is 11.3 Å². The van der Waals surface area contributed by atoms with Gasteiger partial charge in [-0.05, 0) is 35.2 Å². The number of nitrogens with one attached hydrogen (secondary N) is 1. The molecule has 16 heavy (non-hydrogen) atoms. The number of thiophene rings is 1. The first-order valence-corrected chi connectivity index (χ1v) is 6.58. The van der Waals surface area contributed by atoms with Crippen molar-refractivity contribution in [2.45, 2.75) is 31.8 Å². The Morgan fingerprint density at radius 1 is 1.62 bits per heavy atom. The van der Waals surface area contributed by atoms with Gasteiger partial charge in [0, 0.05) is 12.6 Å². The fourth-order valence-electron chi connectivity index (χ4n) is 2.28. The Bertz CT molecular complexity index is 337. The number of esters is 1. The summed E-state index contributed by atoms with van der Waals surface area (Å²) in [5, 5.41) is 7.66. The molecule has 4 heteroatoms. The third-order valence-corrected chi connectivity index (χ3v) is 3.90. The third kappa shape index (κ3) is 2.62. The zero-order valence-corrected chi connectivity index (χ0v) is 10.3. The Morgan fingerprint density at radius 2 is 2.50 bits per heavy atom. The lowest BCUT2D eigenvalue weighted by Gasteiger charge is -2.18. The summed E-state index contributed by atoms with van der Waals surface area (Å²) in [5.41, 5.74) is 1.29. The molecule has 2 atom stereocenters. The molecular formula is C12H17NO2S. The van der Waals surface area contributed by atoms with E-state index in [1.807, 2.05) is 0 Å². The summed E-state index contributed by atoms with van der Waals surface area (Å²) in [5.74, 6) is -0.0241. The molecule has 1 fully saturated rings. The van der Waals surface area contributed by atoms with Gasteiger partial charge in [0.2, 0.25) is 0 Å². The second-order valence-corrected chi connectivity index (χ2v) is 4.96. The number of hydrogen-bond donors (Lipinski definition) is 1. The molecule has 1 aliphatic rings. The van der Waals surface area contributed by atoms with Gasteiger partial charge in [0.1, 0.15) is 0 Å². The normalized spacial score (nSPS) is 24.6. The van der Waals surface area contributed by atoms with Crippen molar-refractivity contribution in [1.29, 1.82) is 0 Å². The first kappa shape index (κ1) is 11.6. The molecule has 1 aliphatic carbocycles. The van der Waals surface area contributed by atoms with Crippen molar-refractivity contribution in [3.8, 4) is 0 Å². The van der Waals surface area contributed by atoms with Crippen LogP contribution in [-0.2, 0) is 16.1 Å². The predicted octanol–water partition coefficient (Wildman–Crippen LogP) is 2.18. The van der Waals surface area contributed by atoms with Gasteiger partial charge in [-0.3, -0.25) is 4.79 Å². The average molecular weight is 239 g/mol. The van der Waals surface area contributed by atoms with E-state index in [4.69, 9.17) is 4.74 Å². The first-order chi connectivity index (χ1) is 7.81. The molecule has 1 N–H and O–H groups in total. The molecule has 0 aromatic carbocycles. The summed E-state index contributed by atoms with van der Waals surface area (Å²) in [7, 11) is 1.47. The van der Waals surface area contributed by atoms with E-state index in [0.717, 1.165) is 25.8 Å². The lowest BCUT2D eigenvalue weighted by atomic mass is 10.0. The van der Waals surface area contributed by atoms with E-state index in [-0.39, 0.29) is 17.9 Å². The number of ether oxygens (including phenoxy) is 1. The minimum absolute atomic E-state index is 0.0450. The monoisotopic (exact) mass is 239 g/mol. The van der Waals surface area contributed by atoms with Crippen LogP contribution in [0.25, 0.3) is 0 Å². The Kier molecular flexibility index (Phi) is 3.96. The van der Waals surface area contributed by atoms with Crippen LogP contribution in [0.15, 0.2) is 16.8 Å². The van der Waals surface area contributed by atoms with Gasteiger partial charge in [-0.15, -0.1) is 0 Å². The number of carbonyl (C=O) groups excluding carboxylic acids is 1. The number of hydrogen-bond acceptors (Lipinski definition) is 4. The fraction of sp³-hybridized carbons (Fsp3) is 0.583. The van der Waals surface area contributed by atoms with Crippen molar-refractivity contribution < 1.29 is 9.53 Å². The maximum atomic E-state index is 11.5. The Hall–Kier alpha value is -0.870. The van der Waals surface area contributed by atoms with Crippen LogP contribution in [-0.4, -0.2) is 19.1 Å². The molecule has 1 aromatic rings. The molecule has 0 spiro atoms. The highest BCUT2D eigenvalue weighted by atomic mass is 32.1. The molecule has 0 aliphatic heterocycles. The van der Waals surface area contributed by atoms with E-state index in [1.54, 1.807) is 11.3 Å². The summed E-state index contributed by atoms with van der Waals surface area (Å²) in [6.07, 6.45) is 3.14. The molecule has 1 saturated carbocycles. The van der Waals surface area contributed by atoms with Crippen molar-refractivity contribution >= 4 is 17.3 Å². The number of carbonyl (C=O) groups is 1. The quantitative estimate of drug-likeness (QED) is 0.818. The largest absolute Gasteiger partial charge is 0.469 e. The van der Waals surface area contributed by atoms with Crippen LogP contribution in [0.3, 0.4) is 0 Å². The maximum absolute atomic E-state index is 11.5. The minimum atomic E-state index is -0.0691. The van der Waals surface area contributed by atoms with Crippen LogP contribution in [0.1, 0.15) is 24.8 Å². The van der Waals surface area contributed by atoms with E-state index < -0.39 is 0 Å². The Morgan fingerprint density at radius 3 is 3.19 bits per heavy atom. The van der Waals surface area contributed by atoms with E-state index in [1.165, 1.54) is 12.7 Å². The molecule has 0 saturated heterocycles. The number of rotatable bonds is 4. The van der Waals surface area contributed by atoms with E-state index >= 15 is 0 Å². The van der Waals surface area contributed by atoms with Crippen molar-refractivity contribution in [3.05, 3.63) is 22.4 Å². The van der Waals surface area contributed by atoms with Gasteiger partial charge < -0.3 is 10.1 Å². The van der Waals surface area contributed by atoms with Crippen LogP contribution in [0.4, 0.5) is 0 Å². The van der Waals surface area contributed by atoms with E-state index in [2.05, 4.69) is 22.1 Å². The summed E-state index contributed by atoms with van der Waals surface area (Å²) in [6, 6.07) is 2.40. The summed E-state index contributed by atoms with van der Waals surface area (Å²) in [6.45, 7) is 0.849. The van der Waals surface area contributed by atoms with Gasteiger partial charge in [-0.1, -0.05) is 6.42 Å². The van der Waals surface area contributed by atoms with Crippen molar-refractivity contribution in [2.75, 3.05) is 7.11 Å². The molecule has 2 rings (SSSR count). The molecular weight excluding hydrogens is 222 g/mol. The van der Waals surface area contributed by atoms with Crippen LogP contribution in [0.5, 0.6) is 0 Å². The van der Waals surface area contributed by atoms with Gasteiger partial charge in [-0.25, -0.2) is 0 Å². The zero-order valence-electron chi connectivity index (χ0n) is 9.44. The average Bonchev–Trinajstić information content (AvgIpc) is 2.96.